The third kappa shape index (κ3) is 2.72. The predicted molar refractivity (Wildman–Crippen MR) is 73.5 cm³/mol. The molecule has 1 aromatic carbocycles. The molecule has 1 N–H and O–H groups in total. The first-order valence-corrected chi connectivity index (χ1v) is 6.29. The van der Waals surface area contributed by atoms with E-state index in [0.717, 1.165) is 0 Å². The van der Waals surface area contributed by atoms with Gasteiger partial charge in [0.1, 0.15) is 0 Å². The molecule has 0 saturated carbocycles. The molecule has 0 bridgehead atoms. The molecule has 2 rings (SSSR count). The highest BCUT2D eigenvalue weighted by molar-refractivity contribution is 5.87. The molecule has 7 heteroatoms. The maximum atomic E-state index is 13.8. The Morgan fingerprint density at radius 3 is 2.52 bits per heavy atom. The molecular formula is C14H16FN3O3. The molecule has 0 spiro atoms. The maximum Gasteiger partial charge on any atom is 0.358 e. The summed E-state index contributed by atoms with van der Waals surface area (Å²) in [5.41, 5.74) is 0.129. The summed E-state index contributed by atoms with van der Waals surface area (Å²) in [6.45, 7) is 5.53. The first-order valence-electron chi connectivity index (χ1n) is 6.29. The van der Waals surface area contributed by atoms with E-state index in [1.54, 1.807) is 6.07 Å². The molecule has 0 aliphatic heterocycles. The van der Waals surface area contributed by atoms with Gasteiger partial charge in [-0.1, -0.05) is 26.0 Å². The highest BCUT2D eigenvalue weighted by Crippen LogP contribution is 2.28. The first-order chi connectivity index (χ1) is 9.75. The molecule has 112 valence electrons. The van der Waals surface area contributed by atoms with Gasteiger partial charge in [0.05, 0.1) is 18.5 Å². The molecule has 1 heterocycles. The predicted octanol–water partition coefficient (Wildman–Crippen LogP) is 2.41. The minimum atomic E-state index is -1.17. The lowest BCUT2D eigenvalue weighted by atomic mass is 9.90. The molecule has 0 fully saturated rings. The molecule has 0 aliphatic rings. The van der Waals surface area contributed by atoms with Crippen molar-refractivity contribution in [2.45, 2.75) is 26.2 Å². The van der Waals surface area contributed by atoms with E-state index in [4.69, 9.17) is 4.74 Å². The number of nitrogens with zero attached hydrogens (tertiary/aromatic N) is 3. The largest absolute Gasteiger partial charge is 0.494 e. The van der Waals surface area contributed by atoms with Crippen molar-refractivity contribution in [3.8, 4) is 11.4 Å². The Morgan fingerprint density at radius 2 is 2.05 bits per heavy atom. The van der Waals surface area contributed by atoms with Crippen LogP contribution in [0.5, 0.6) is 5.75 Å². The average molecular weight is 293 g/mol. The average Bonchev–Trinajstić information content (AvgIpc) is 2.83. The minimum Gasteiger partial charge on any atom is -0.494 e. The van der Waals surface area contributed by atoms with Crippen molar-refractivity contribution in [3.63, 3.8) is 0 Å². The van der Waals surface area contributed by atoms with Crippen molar-refractivity contribution < 1.29 is 19.0 Å². The van der Waals surface area contributed by atoms with Crippen LogP contribution in [0.4, 0.5) is 4.39 Å². The summed E-state index contributed by atoms with van der Waals surface area (Å²) in [6, 6.07) is 4.28. The number of halogens is 1. The zero-order valence-corrected chi connectivity index (χ0v) is 12.2. The summed E-state index contributed by atoms with van der Waals surface area (Å²) in [7, 11) is 1.37. The van der Waals surface area contributed by atoms with Gasteiger partial charge in [-0.3, -0.25) is 0 Å². The minimum absolute atomic E-state index is 0.106. The standard InChI is InChI=1S/C14H16FN3O3/c1-14(2,3)12-11(13(19)20)16-17-18(12)8-5-6-10(21-4)9(15)7-8/h5-7H,1-4H3,(H,19,20). The van der Waals surface area contributed by atoms with E-state index in [1.165, 1.54) is 23.9 Å². The lowest BCUT2D eigenvalue weighted by Gasteiger charge is -2.20. The Labute approximate surface area is 121 Å². The summed E-state index contributed by atoms with van der Waals surface area (Å²) in [5, 5.41) is 16.8. The summed E-state index contributed by atoms with van der Waals surface area (Å²) < 4.78 is 20.0. The van der Waals surface area contributed by atoms with Crippen molar-refractivity contribution in [1.82, 2.24) is 15.0 Å². The van der Waals surface area contributed by atoms with Crippen molar-refractivity contribution in [3.05, 3.63) is 35.4 Å². The molecule has 0 atom stereocenters. The molecule has 0 aliphatic carbocycles. The lowest BCUT2D eigenvalue weighted by Crippen LogP contribution is -2.21. The van der Waals surface area contributed by atoms with Crippen molar-refractivity contribution >= 4 is 5.97 Å². The number of aromatic nitrogens is 3. The van der Waals surface area contributed by atoms with Crippen molar-refractivity contribution in [1.29, 1.82) is 0 Å². The molecule has 2 aromatic rings. The van der Waals surface area contributed by atoms with Crippen LogP contribution < -0.4 is 4.74 Å². The van der Waals surface area contributed by atoms with Crippen LogP contribution in [0.25, 0.3) is 5.69 Å². The van der Waals surface area contributed by atoms with E-state index < -0.39 is 17.2 Å². The molecule has 1 aromatic heterocycles. The third-order valence-corrected chi connectivity index (χ3v) is 2.96. The van der Waals surface area contributed by atoms with Crippen LogP contribution in [0.2, 0.25) is 0 Å². The molecule has 0 unspecified atom stereocenters. The van der Waals surface area contributed by atoms with Crippen molar-refractivity contribution in [2.24, 2.45) is 0 Å². The Balaban J connectivity index is 2.65. The smallest absolute Gasteiger partial charge is 0.358 e. The molecule has 0 saturated heterocycles. The highest BCUT2D eigenvalue weighted by Gasteiger charge is 2.29. The maximum absolute atomic E-state index is 13.8. The van der Waals surface area contributed by atoms with Gasteiger partial charge in [-0.25, -0.2) is 13.9 Å². The van der Waals surface area contributed by atoms with Gasteiger partial charge >= 0.3 is 5.97 Å². The van der Waals surface area contributed by atoms with Crippen molar-refractivity contribution in [2.75, 3.05) is 7.11 Å². The fourth-order valence-corrected chi connectivity index (χ4v) is 2.07. The number of carboxylic acids is 1. The molecule has 6 nitrogen and oxygen atoms in total. The number of hydrogen-bond donors (Lipinski definition) is 1. The Morgan fingerprint density at radius 1 is 1.38 bits per heavy atom. The molecular weight excluding hydrogens is 277 g/mol. The Kier molecular flexibility index (Phi) is 3.67. The number of carboxylic acid groups (broad SMARTS) is 1. The van der Waals surface area contributed by atoms with Crippen LogP contribution in [0.1, 0.15) is 37.0 Å². The van der Waals surface area contributed by atoms with Gasteiger partial charge in [-0.2, -0.15) is 0 Å². The fraction of sp³-hybridized carbons (Fsp3) is 0.357. The van der Waals surface area contributed by atoms with E-state index in [0.29, 0.717) is 11.4 Å². The number of carbonyl (C=O) groups is 1. The van der Waals surface area contributed by atoms with Gasteiger partial charge < -0.3 is 9.84 Å². The lowest BCUT2D eigenvalue weighted by molar-refractivity contribution is 0.0687. The van der Waals surface area contributed by atoms with Gasteiger partial charge in [0.2, 0.25) is 0 Å². The number of methoxy groups -OCH3 is 1. The second kappa shape index (κ2) is 5.16. The van der Waals surface area contributed by atoms with Gasteiger partial charge in [-0.05, 0) is 12.1 Å². The van der Waals surface area contributed by atoms with Crippen LogP contribution in [0.3, 0.4) is 0 Å². The van der Waals surface area contributed by atoms with Crippen LogP contribution in [0, 0.1) is 5.82 Å². The zero-order chi connectivity index (χ0) is 15.8. The normalized spacial score (nSPS) is 11.5. The molecule has 21 heavy (non-hydrogen) atoms. The highest BCUT2D eigenvalue weighted by atomic mass is 19.1. The zero-order valence-electron chi connectivity index (χ0n) is 12.2. The van der Waals surface area contributed by atoms with Gasteiger partial charge in [0, 0.05) is 11.5 Å². The van der Waals surface area contributed by atoms with Crippen LogP contribution in [-0.4, -0.2) is 33.2 Å². The van der Waals surface area contributed by atoms with Gasteiger partial charge in [0.25, 0.3) is 0 Å². The fourth-order valence-electron chi connectivity index (χ4n) is 2.07. The quantitative estimate of drug-likeness (QED) is 0.940. The second-order valence-electron chi connectivity index (χ2n) is 5.57. The summed E-state index contributed by atoms with van der Waals surface area (Å²) in [6.07, 6.45) is 0. The van der Waals surface area contributed by atoms with E-state index in [-0.39, 0.29) is 11.4 Å². The summed E-state index contributed by atoms with van der Waals surface area (Å²) in [5.74, 6) is -1.61. The number of aromatic carboxylic acids is 1. The monoisotopic (exact) mass is 293 g/mol. The number of rotatable bonds is 3. The van der Waals surface area contributed by atoms with E-state index >= 15 is 0 Å². The first kappa shape index (κ1) is 15.0. The van der Waals surface area contributed by atoms with Gasteiger partial charge in [0.15, 0.2) is 17.3 Å². The van der Waals surface area contributed by atoms with Crippen LogP contribution in [0.15, 0.2) is 18.2 Å². The number of hydrogen-bond acceptors (Lipinski definition) is 4. The van der Waals surface area contributed by atoms with Crippen LogP contribution in [-0.2, 0) is 5.41 Å². The van der Waals surface area contributed by atoms with E-state index in [9.17, 15) is 14.3 Å². The summed E-state index contributed by atoms with van der Waals surface area (Å²) >= 11 is 0. The summed E-state index contributed by atoms with van der Waals surface area (Å²) in [4.78, 5) is 11.3. The molecule has 0 amide bonds. The number of benzene rings is 1. The second-order valence-corrected chi connectivity index (χ2v) is 5.57. The topological polar surface area (TPSA) is 77.2 Å². The van der Waals surface area contributed by atoms with Crippen LogP contribution >= 0.6 is 0 Å². The van der Waals surface area contributed by atoms with Gasteiger partial charge in [-0.15, -0.1) is 5.10 Å². The van der Waals surface area contributed by atoms with E-state index in [1.807, 2.05) is 20.8 Å². The number of ether oxygens (including phenoxy) is 1. The SMILES string of the molecule is COc1ccc(-n2nnc(C(=O)O)c2C(C)(C)C)cc1F. The Bertz CT molecular complexity index is 689. The third-order valence-electron chi connectivity index (χ3n) is 2.96. The van der Waals surface area contributed by atoms with E-state index in [2.05, 4.69) is 10.3 Å². The molecule has 0 radical (unpaired) electrons. The Hall–Kier alpha value is -2.44.